The van der Waals surface area contributed by atoms with Gasteiger partial charge in [0.25, 0.3) is 10.0 Å². The highest BCUT2D eigenvalue weighted by molar-refractivity contribution is 7.90. The first-order valence-electron chi connectivity index (χ1n) is 8.80. The maximum atomic E-state index is 13.0. The van der Waals surface area contributed by atoms with Crippen LogP contribution < -0.4 is 0 Å². The number of hydrogen-bond donors (Lipinski definition) is 0. The van der Waals surface area contributed by atoms with E-state index in [0.29, 0.717) is 30.9 Å². The Hall–Kier alpha value is -2.68. The van der Waals surface area contributed by atoms with Crippen LogP contribution in [0, 0.1) is 0 Å². The van der Waals surface area contributed by atoms with Crippen molar-refractivity contribution in [2.75, 3.05) is 13.6 Å². The zero-order valence-corrected chi connectivity index (χ0v) is 16.1. The van der Waals surface area contributed by atoms with E-state index >= 15 is 0 Å². The highest BCUT2D eigenvalue weighted by atomic mass is 32.2. The van der Waals surface area contributed by atoms with Gasteiger partial charge in [0.2, 0.25) is 5.91 Å². The summed E-state index contributed by atoms with van der Waals surface area (Å²) in [5.41, 5.74) is 1.52. The molecule has 0 saturated carbocycles. The number of sulfonamides is 1. The highest BCUT2D eigenvalue weighted by Crippen LogP contribution is 2.31. The number of likely N-dealkylation sites (tertiary alicyclic amines) is 1. The van der Waals surface area contributed by atoms with Gasteiger partial charge >= 0.3 is 0 Å². The number of nitrogens with zero attached hydrogens (tertiary/aromatic N) is 5. The number of aryl methyl sites for hydroxylation is 1. The molecule has 2 aliphatic rings. The molecule has 1 aromatic heterocycles. The van der Waals surface area contributed by atoms with Gasteiger partial charge in [-0.1, -0.05) is 12.1 Å². The van der Waals surface area contributed by atoms with Crippen LogP contribution in [0.2, 0.25) is 0 Å². The van der Waals surface area contributed by atoms with Crippen molar-refractivity contribution in [1.29, 1.82) is 0 Å². The number of rotatable bonds is 3. The van der Waals surface area contributed by atoms with Crippen molar-refractivity contribution < 1.29 is 13.2 Å². The number of carbonyl (C=O) groups is 1. The first-order valence-corrected chi connectivity index (χ1v) is 10.2. The van der Waals surface area contributed by atoms with Crippen LogP contribution in [0.3, 0.4) is 0 Å². The van der Waals surface area contributed by atoms with Gasteiger partial charge in [0.05, 0.1) is 6.20 Å². The average Bonchev–Trinajstić information content (AvgIpc) is 3.33. The Morgan fingerprint density at radius 3 is 2.85 bits per heavy atom. The number of amides is 1. The van der Waals surface area contributed by atoms with Crippen LogP contribution in [0.4, 0.5) is 0 Å². The fourth-order valence-electron chi connectivity index (χ4n) is 3.73. The minimum absolute atomic E-state index is 0.0409. The van der Waals surface area contributed by atoms with Crippen LogP contribution in [-0.4, -0.2) is 59.4 Å². The molecule has 2 aromatic rings. The summed E-state index contributed by atoms with van der Waals surface area (Å²) in [6.45, 7) is 1.07. The Morgan fingerprint density at radius 2 is 2.11 bits per heavy atom. The van der Waals surface area contributed by atoms with Crippen LogP contribution in [0.15, 0.2) is 46.0 Å². The quantitative estimate of drug-likeness (QED) is 0.784. The van der Waals surface area contributed by atoms with Gasteiger partial charge in [-0.15, -0.1) is 4.40 Å². The third-order valence-electron chi connectivity index (χ3n) is 4.98. The number of aromatic nitrogens is 2. The lowest BCUT2D eigenvalue weighted by atomic mass is 10.1. The first-order chi connectivity index (χ1) is 12.9. The normalized spacial score (nSPS) is 20.4. The Balaban J connectivity index is 1.59. The largest absolute Gasteiger partial charge is 0.343 e. The lowest BCUT2D eigenvalue weighted by Crippen LogP contribution is -2.46. The molecular weight excluding hydrogens is 366 g/mol. The molecule has 3 heterocycles. The third-order valence-corrected chi connectivity index (χ3v) is 6.30. The second-order valence-electron chi connectivity index (χ2n) is 6.95. The topological polar surface area (TPSA) is 87.9 Å². The van der Waals surface area contributed by atoms with Crippen LogP contribution in [0.25, 0.3) is 0 Å². The molecule has 0 unspecified atom stereocenters. The van der Waals surface area contributed by atoms with Gasteiger partial charge in [0.1, 0.15) is 10.9 Å². The molecule has 0 radical (unpaired) electrons. The Kier molecular flexibility index (Phi) is 4.26. The molecule has 9 heteroatoms. The zero-order valence-electron chi connectivity index (χ0n) is 15.2. The van der Waals surface area contributed by atoms with Crippen molar-refractivity contribution >= 4 is 21.8 Å². The maximum Gasteiger partial charge on any atom is 0.285 e. The number of carbonyl (C=O) groups excluding carboxylic acids is 1. The maximum absolute atomic E-state index is 13.0. The Morgan fingerprint density at radius 1 is 1.33 bits per heavy atom. The monoisotopic (exact) mass is 387 g/mol. The van der Waals surface area contributed by atoms with Crippen LogP contribution >= 0.6 is 0 Å². The minimum Gasteiger partial charge on any atom is -0.343 e. The van der Waals surface area contributed by atoms with Crippen LogP contribution in [-0.2, 0) is 28.4 Å². The van der Waals surface area contributed by atoms with E-state index in [1.807, 2.05) is 18.1 Å². The molecule has 8 nitrogen and oxygen atoms in total. The molecule has 0 bridgehead atoms. The van der Waals surface area contributed by atoms with Crippen molar-refractivity contribution in [2.24, 2.45) is 11.4 Å². The van der Waals surface area contributed by atoms with Gasteiger partial charge in [-0.05, 0) is 25.0 Å². The molecule has 1 saturated heterocycles. The average molecular weight is 387 g/mol. The number of likely N-dealkylation sites (N-methyl/N-ethyl adjacent to an activating group) is 1. The summed E-state index contributed by atoms with van der Waals surface area (Å²) in [6, 6.07) is 6.37. The number of amidine groups is 1. The molecule has 0 spiro atoms. The molecule has 0 N–H and O–H groups in total. The van der Waals surface area contributed by atoms with Gasteiger partial charge in [-0.2, -0.15) is 13.5 Å². The standard InChI is InChI=1S/C18H21N5O3S/c1-21(11-13-10-19-22(2)12-13)18(24)15-7-5-9-23(15)17-14-6-3-4-8-16(14)27(25,26)20-17/h3-4,6,8,10,12,15H,5,7,9,11H2,1-2H3/t15-/m0/s1. The first kappa shape index (κ1) is 17.7. The van der Waals surface area contributed by atoms with E-state index in [2.05, 4.69) is 9.50 Å². The van der Waals surface area contributed by atoms with Crippen molar-refractivity contribution in [3.63, 3.8) is 0 Å². The predicted octanol–water partition coefficient (Wildman–Crippen LogP) is 0.992. The molecule has 2 aliphatic heterocycles. The summed E-state index contributed by atoms with van der Waals surface area (Å²) in [6.07, 6.45) is 5.11. The van der Waals surface area contributed by atoms with Gasteiger partial charge in [-0.3, -0.25) is 9.48 Å². The molecule has 142 valence electrons. The van der Waals surface area contributed by atoms with Crippen LogP contribution in [0.1, 0.15) is 24.0 Å². The summed E-state index contributed by atoms with van der Waals surface area (Å²) < 4.78 is 30.4. The summed E-state index contributed by atoms with van der Waals surface area (Å²) >= 11 is 0. The van der Waals surface area contributed by atoms with E-state index in [1.54, 1.807) is 47.1 Å². The molecule has 1 atom stereocenters. The summed E-state index contributed by atoms with van der Waals surface area (Å²) in [5.74, 6) is 0.344. The zero-order chi connectivity index (χ0) is 19.2. The Labute approximate surface area is 158 Å². The molecular formula is C18H21N5O3S. The fourth-order valence-corrected chi connectivity index (χ4v) is 4.95. The highest BCUT2D eigenvalue weighted by Gasteiger charge is 2.40. The molecule has 0 aliphatic carbocycles. The SMILES string of the molecule is CN(Cc1cnn(C)c1)C(=O)[C@@H]1CCCN1C1=NS(=O)(=O)c2ccccc21. The van der Waals surface area contributed by atoms with Gasteiger partial charge < -0.3 is 9.80 Å². The summed E-state index contributed by atoms with van der Waals surface area (Å²) in [7, 11) is -0.107. The van der Waals surface area contributed by atoms with Gasteiger partial charge in [0.15, 0.2) is 5.84 Å². The fraction of sp³-hybridized carbons (Fsp3) is 0.389. The lowest BCUT2D eigenvalue weighted by Gasteiger charge is -2.29. The van der Waals surface area contributed by atoms with Gasteiger partial charge in [-0.25, -0.2) is 0 Å². The van der Waals surface area contributed by atoms with E-state index in [-0.39, 0.29) is 10.8 Å². The van der Waals surface area contributed by atoms with E-state index in [4.69, 9.17) is 0 Å². The molecule has 27 heavy (non-hydrogen) atoms. The second kappa shape index (κ2) is 6.49. The van der Waals surface area contributed by atoms with Crippen molar-refractivity contribution in [3.8, 4) is 0 Å². The van der Waals surface area contributed by atoms with E-state index in [0.717, 1.165) is 12.0 Å². The molecule has 1 amide bonds. The predicted molar refractivity (Wildman–Crippen MR) is 99.6 cm³/mol. The van der Waals surface area contributed by atoms with Crippen molar-refractivity contribution in [2.45, 2.75) is 30.3 Å². The van der Waals surface area contributed by atoms with Crippen LogP contribution in [0.5, 0.6) is 0 Å². The number of benzene rings is 1. The number of hydrogen-bond acceptors (Lipinski definition) is 5. The molecule has 4 rings (SSSR count). The lowest BCUT2D eigenvalue weighted by molar-refractivity contribution is -0.134. The van der Waals surface area contributed by atoms with E-state index < -0.39 is 16.1 Å². The number of fused-ring (bicyclic) bond motifs is 1. The second-order valence-corrected chi connectivity index (χ2v) is 8.53. The minimum atomic E-state index is -3.70. The summed E-state index contributed by atoms with van der Waals surface area (Å²) in [5, 5.41) is 4.13. The molecule has 1 aromatic carbocycles. The van der Waals surface area contributed by atoms with Crippen molar-refractivity contribution in [1.82, 2.24) is 19.6 Å². The molecule has 1 fully saturated rings. The van der Waals surface area contributed by atoms with E-state index in [9.17, 15) is 13.2 Å². The van der Waals surface area contributed by atoms with Crippen molar-refractivity contribution in [3.05, 3.63) is 47.8 Å². The van der Waals surface area contributed by atoms with Gasteiger partial charge in [0, 0.05) is 44.5 Å². The summed E-state index contributed by atoms with van der Waals surface area (Å²) in [4.78, 5) is 16.8. The third kappa shape index (κ3) is 3.12. The smallest absolute Gasteiger partial charge is 0.285 e. The van der Waals surface area contributed by atoms with E-state index in [1.165, 1.54) is 0 Å². The Bertz CT molecular complexity index is 1030.